The molecule has 1 amide bonds. The minimum absolute atomic E-state index is 0.0739. The highest BCUT2D eigenvalue weighted by Gasteiger charge is 2.17. The van der Waals surface area contributed by atoms with Gasteiger partial charge in [-0.15, -0.1) is 0 Å². The van der Waals surface area contributed by atoms with Gasteiger partial charge < -0.3 is 14.8 Å². The van der Waals surface area contributed by atoms with Crippen molar-refractivity contribution >= 4 is 5.91 Å². The molecule has 0 bridgehead atoms. The molecule has 0 saturated carbocycles. The first-order valence-electron chi connectivity index (χ1n) is 5.82. The van der Waals surface area contributed by atoms with Gasteiger partial charge in [-0.3, -0.25) is 4.79 Å². The predicted octanol–water partition coefficient (Wildman–Crippen LogP) is 1.22. The number of amides is 1. The standard InChI is InChI=1S/C14H15NO3/c1-11(16)15-8-2-3-12-4-6-13(7-5-12)14-17-9-10-18-14/h4-7,14H,8-10H2,1H3,(H,15,16). The first-order valence-corrected chi connectivity index (χ1v) is 5.82. The topological polar surface area (TPSA) is 47.6 Å². The van der Waals surface area contributed by atoms with Crippen LogP contribution in [0.3, 0.4) is 0 Å². The second-order valence-electron chi connectivity index (χ2n) is 3.91. The number of hydrogen-bond donors (Lipinski definition) is 1. The summed E-state index contributed by atoms with van der Waals surface area (Å²) in [5.74, 6) is 5.78. The summed E-state index contributed by atoms with van der Waals surface area (Å²) in [7, 11) is 0. The molecule has 0 spiro atoms. The quantitative estimate of drug-likeness (QED) is 0.797. The van der Waals surface area contributed by atoms with Crippen LogP contribution in [0.5, 0.6) is 0 Å². The highest BCUT2D eigenvalue weighted by atomic mass is 16.7. The lowest BCUT2D eigenvalue weighted by Crippen LogP contribution is -2.19. The van der Waals surface area contributed by atoms with Crippen molar-refractivity contribution in [2.75, 3.05) is 19.8 Å². The summed E-state index contributed by atoms with van der Waals surface area (Å²) in [5, 5.41) is 2.62. The SMILES string of the molecule is CC(=O)NCC#Cc1ccc(C2OCCO2)cc1. The van der Waals surface area contributed by atoms with E-state index in [-0.39, 0.29) is 12.2 Å². The third-order valence-corrected chi connectivity index (χ3v) is 2.46. The number of nitrogens with one attached hydrogen (secondary N) is 1. The molecule has 94 valence electrons. The van der Waals surface area contributed by atoms with Crippen LogP contribution in [0.2, 0.25) is 0 Å². The van der Waals surface area contributed by atoms with Crippen molar-refractivity contribution in [3.63, 3.8) is 0 Å². The summed E-state index contributed by atoms with van der Waals surface area (Å²) in [6.07, 6.45) is -0.244. The zero-order valence-corrected chi connectivity index (χ0v) is 10.2. The number of rotatable bonds is 2. The third-order valence-electron chi connectivity index (χ3n) is 2.46. The molecular formula is C14H15NO3. The summed E-state index contributed by atoms with van der Waals surface area (Å²) in [6, 6.07) is 7.72. The van der Waals surface area contributed by atoms with Crippen molar-refractivity contribution in [1.29, 1.82) is 0 Å². The van der Waals surface area contributed by atoms with E-state index in [1.807, 2.05) is 24.3 Å². The van der Waals surface area contributed by atoms with Crippen LogP contribution in [0.4, 0.5) is 0 Å². The molecule has 1 N–H and O–H groups in total. The smallest absolute Gasteiger partial charge is 0.217 e. The highest BCUT2D eigenvalue weighted by molar-refractivity contribution is 5.73. The number of benzene rings is 1. The van der Waals surface area contributed by atoms with Gasteiger partial charge in [-0.05, 0) is 12.1 Å². The lowest BCUT2D eigenvalue weighted by atomic mass is 10.1. The van der Waals surface area contributed by atoms with Crippen molar-refractivity contribution in [2.24, 2.45) is 0 Å². The maximum Gasteiger partial charge on any atom is 0.217 e. The van der Waals surface area contributed by atoms with E-state index in [1.165, 1.54) is 6.92 Å². The second-order valence-corrected chi connectivity index (χ2v) is 3.91. The fourth-order valence-corrected chi connectivity index (χ4v) is 1.59. The fraction of sp³-hybridized carbons (Fsp3) is 0.357. The van der Waals surface area contributed by atoms with E-state index >= 15 is 0 Å². The van der Waals surface area contributed by atoms with Gasteiger partial charge in [-0.1, -0.05) is 24.0 Å². The van der Waals surface area contributed by atoms with Gasteiger partial charge in [0.25, 0.3) is 0 Å². The van der Waals surface area contributed by atoms with E-state index < -0.39 is 0 Å². The minimum Gasteiger partial charge on any atom is -0.346 e. The summed E-state index contributed by atoms with van der Waals surface area (Å²) in [6.45, 7) is 3.12. The molecule has 1 saturated heterocycles. The first-order chi connectivity index (χ1) is 8.75. The zero-order chi connectivity index (χ0) is 12.8. The summed E-state index contributed by atoms with van der Waals surface area (Å²) < 4.78 is 10.8. The first kappa shape index (κ1) is 12.6. The molecule has 2 rings (SSSR count). The van der Waals surface area contributed by atoms with Crippen LogP contribution < -0.4 is 5.32 Å². The van der Waals surface area contributed by atoms with Gasteiger partial charge in [0, 0.05) is 18.1 Å². The van der Waals surface area contributed by atoms with Crippen LogP contribution in [-0.4, -0.2) is 25.7 Å². The largest absolute Gasteiger partial charge is 0.346 e. The molecule has 1 heterocycles. The van der Waals surface area contributed by atoms with Crippen LogP contribution >= 0.6 is 0 Å². The van der Waals surface area contributed by atoms with E-state index in [9.17, 15) is 4.79 Å². The van der Waals surface area contributed by atoms with Gasteiger partial charge in [0.2, 0.25) is 5.91 Å². The lowest BCUT2D eigenvalue weighted by molar-refractivity contribution is -0.118. The van der Waals surface area contributed by atoms with Crippen LogP contribution in [0.25, 0.3) is 0 Å². The molecule has 1 aromatic carbocycles. The molecule has 0 atom stereocenters. The van der Waals surface area contributed by atoms with Crippen molar-refractivity contribution in [3.8, 4) is 11.8 Å². The summed E-state index contributed by atoms with van der Waals surface area (Å²) in [4.78, 5) is 10.6. The molecule has 4 heteroatoms. The molecule has 1 aromatic rings. The van der Waals surface area contributed by atoms with Gasteiger partial charge in [0.05, 0.1) is 19.8 Å². The average molecular weight is 245 g/mol. The van der Waals surface area contributed by atoms with Gasteiger partial charge >= 0.3 is 0 Å². The van der Waals surface area contributed by atoms with Crippen molar-refractivity contribution in [1.82, 2.24) is 5.32 Å². The Balaban J connectivity index is 1.92. The van der Waals surface area contributed by atoms with E-state index in [4.69, 9.17) is 9.47 Å². The Bertz CT molecular complexity index is 464. The van der Waals surface area contributed by atoms with Crippen molar-refractivity contribution in [2.45, 2.75) is 13.2 Å². The average Bonchev–Trinajstić information content (AvgIpc) is 2.89. The Morgan fingerprint density at radius 1 is 1.33 bits per heavy atom. The number of carbonyl (C=O) groups is 1. The molecule has 1 aliphatic heterocycles. The van der Waals surface area contributed by atoms with Gasteiger partial charge in [-0.25, -0.2) is 0 Å². The molecule has 1 aliphatic rings. The van der Waals surface area contributed by atoms with E-state index in [0.717, 1.165) is 11.1 Å². The van der Waals surface area contributed by atoms with Crippen LogP contribution in [0, 0.1) is 11.8 Å². The Morgan fingerprint density at radius 3 is 2.61 bits per heavy atom. The predicted molar refractivity (Wildman–Crippen MR) is 66.6 cm³/mol. The Hall–Kier alpha value is -1.83. The molecule has 4 nitrogen and oxygen atoms in total. The van der Waals surface area contributed by atoms with Crippen molar-refractivity contribution in [3.05, 3.63) is 35.4 Å². The van der Waals surface area contributed by atoms with E-state index in [2.05, 4.69) is 17.2 Å². The number of hydrogen-bond acceptors (Lipinski definition) is 3. The monoisotopic (exact) mass is 245 g/mol. The highest BCUT2D eigenvalue weighted by Crippen LogP contribution is 2.22. The maximum atomic E-state index is 10.6. The maximum absolute atomic E-state index is 10.6. The Kier molecular flexibility index (Phi) is 4.35. The third kappa shape index (κ3) is 3.59. The normalized spacial score (nSPS) is 14.9. The van der Waals surface area contributed by atoms with Gasteiger partial charge in [0.1, 0.15) is 0 Å². The van der Waals surface area contributed by atoms with E-state index in [1.54, 1.807) is 0 Å². The second kappa shape index (κ2) is 6.20. The van der Waals surface area contributed by atoms with Crippen LogP contribution in [0.1, 0.15) is 24.3 Å². The molecule has 0 aliphatic carbocycles. The van der Waals surface area contributed by atoms with E-state index in [0.29, 0.717) is 19.8 Å². The molecular weight excluding hydrogens is 230 g/mol. The minimum atomic E-state index is -0.244. The number of carbonyl (C=O) groups excluding carboxylic acids is 1. The van der Waals surface area contributed by atoms with Crippen molar-refractivity contribution < 1.29 is 14.3 Å². The Morgan fingerprint density at radius 2 is 2.00 bits per heavy atom. The summed E-state index contributed by atoms with van der Waals surface area (Å²) in [5.41, 5.74) is 1.90. The molecule has 0 unspecified atom stereocenters. The van der Waals surface area contributed by atoms with Gasteiger partial charge in [-0.2, -0.15) is 0 Å². The summed E-state index contributed by atoms with van der Waals surface area (Å²) >= 11 is 0. The molecule has 0 aromatic heterocycles. The van der Waals surface area contributed by atoms with Gasteiger partial charge in [0.15, 0.2) is 6.29 Å². The molecule has 0 radical (unpaired) electrons. The lowest BCUT2D eigenvalue weighted by Gasteiger charge is -2.08. The van der Waals surface area contributed by atoms with Crippen LogP contribution in [0.15, 0.2) is 24.3 Å². The Labute approximate surface area is 106 Å². The molecule has 1 fully saturated rings. The number of ether oxygens (including phenoxy) is 2. The van der Waals surface area contributed by atoms with Crippen LogP contribution in [-0.2, 0) is 14.3 Å². The fourth-order valence-electron chi connectivity index (χ4n) is 1.59. The molecule has 18 heavy (non-hydrogen) atoms. The zero-order valence-electron chi connectivity index (χ0n) is 10.2.